The Bertz CT molecular complexity index is 951. The third-order valence-electron chi connectivity index (χ3n) is 3.54. The predicted molar refractivity (Wildman–Crippen MR) is 103 cm³/mol. The molecule has 0 radical (unpaired) electrons. The van der Waals surface area contributed by atoms with Crippen LogP contribution in [0.4, 0.5) is 10.5 Å². The number of nitrogens with one attached hydrogen (secondary N) is 2. The normalized spacial score (nSPS) is 11.7. The Hall–Kier alpha value is -2.72. The number of hydrogen-bond acceptors (Lipinski definition) is 6. The van der Waals surface area contributed by atoms with Crippen LogP contribution < -0.4 is 15.4 Å². The second-order valence-corrected chi connectivity index (χ2v) is 6.63. The molecule has 2 aromatic heterocycles. The van der Waals surface area contributed by atoms with Gasteiger partial charge >= 0.3 is 6.03 Å². The van der Waals surface area contributed by atoms with Crippen LogP contribution in [-0.4, -0.2) is 37.9 Å². The molecule has 2 amide bonds. The Labute approximate surface area is 168 Å². The van der Waals surface area contributed by atoms with E-state index in [1.54, 1.807) is 37.5 Å². The minimum atomic E-state index is -0.465. The van der Waals surface area contributed by atoms with Gasteiger partial charge in [0, 0.05) is 18.5 Å². The maximum Gasteiger partial charge on any atom is 0.319 e. The van der Waals surface area contributed by atoms with Crippen LogP contribution in [0.25, 0.3) is 5.95 Å². The molecule has 0 aliphatic heterocycles. The Balaban J connectivity index is 1.73. The summed E-state index contributed by atoms with van der Waals surface area (Å²) in [5.74, 6) is 1.39. The third kappa shape index (κ3) is 4.34. The number of aromatic nitrogens is 5. The Kier molecular flexibility index (Phi) is 5.87. The molecule has 2 heterocycles. The van der Waals surface area contributed by atoms with Crippen molar-refractivity contribution in [3.05, 3.63) is 52.2 Å². The molecule has 3 rings (SSSR count). The molecule has 0 saturated carbocycles. The molecule has 0 aliphatic carbocycles. The smallest absolute Gasteiger partial charge is 0.319 e. The van der Waals surface area contributed by atoms with Crippen molar-refractivity contribution >= 4 is 39.2 Å². The van der Waals surface area contributed by atoms with Crippen LogP contribution in [0.5, 0.6) is 5.75 Å². The molecule has 11 heteroatoms. The summed E-state index contributed by atoms with van der Waals surface area (Å²) in [5, 5.41) is 9.95. The van der Waals surface area contributed by atoms with E-state index in [2.05, 4.69) is 46.6 Å². The molecule has 2 N–H and O–H groups in total. The number of amides is 2. The zero-order valence-electron chi connectivity index (χ0n) is 14.3. The van der Waals surface area contributed by atoms with Crippen LogP contribution in [-0.2, 0) is 0 Å². The lowest BCUT2D eigenvalue weighted by atomic mass is 10.3. The van der Waals surface area contributed by atoms with Crippen molar-refractivity contribution in [2.45, 2.75) is 13.0 Å². The molecular formula is C16H15BrClN7O2. The molecule has 9 nitrogen and oxygen atoms in total. The van der Waals surface area contributed by atoms with Gasteiger partial charge in [0.2, 0.25) is 0 Å². The zero-order chi connectivity index (χ0) is 19.4. The molecule has 0 unspecified atom stereocenters. The van der Waals surface area contributed by atoms with Crippen LogP contribution in [0, 0.1) is 0 Å². The number of methoxy groups -OCH3 is 1. The van der Waals surface area contributed by atoms with E-state index in [9.17, 15) is 4.79 Å². The fourth-order valence-corrected chi connectivity index (χ4v) is 3.15. The maximum atomic E-state index is 12.4. The average molecular weight is 453 g/mol. The number of carbonyl (C=O) groups is 1. The summed E-state index contributed by atoms with van der Waals surface area (Å²) in [5.41, 5.74) is 0.411. The fraction of sp³-hybridized carbons (Fsp3) is 0.188. The second kappa shape index (κ2) is 8.31. The summed E-state index contributed by atoms with van der Waals surface area (Å²) in [6.07, 6.45) is 4.57. The number of hydrogen-bond donors (Lipinski definition) is 2. The van der Waals surface area contributed by atoms with E-state index < -0.39 is 12.1 Å². The molecule has 1 atom stereocenters. The van der Waals surface area contributed by atoms with E-state index >= 15 is 0 Å². The minimum Gasteiger partial charge on any atom is -0.495 e. The van der Waals surface area contributed by atoms with Crippen molar-refractivity contribution in [1.29, 1.82) is 0 Å². The van der Waals surface area contributed by atoms with E-state index in [1.165, 1.54) is 18.1 Å². The van der Waals surface area contributed by atoms with Crippen LogP contribution in [0.2, 0.25) is 5.02 Å². The van der Waals surface area contributed by atoms with Crippen molar-refractivity contribution in [3.8, 4) is 11.7 Å². The van der Waals surface area contributed by atoms with E-state index in [1.807, 2.05) is 0 Å². The highest BCUT2D eigenvalue weighted by Crippen LogP contribution is 2.34. The highest BCUT2D eigenvalue weighted by molar-refractivity contribution is 9.10. The molecular weight excluding hydrogens is 438 g/mol. The van der Waals surface area contributed by atoms with Gasteiger partial charge in [-0.3, -0.25) is 0 Å². The molecule has 3 aromatic rings. The number of nitrogens with zero attached hydrogens (tertiary/aromatic N) is 5. The Morgan fingerprint density at radius 2 is 2.04 bits per heavy atom. The quantitative estimate of drug-likeness (QED) is 0.615. The van der Waals surface area contributed by atoms with Gasteiger partial charge in [0.15, 0.2) is 5.82 Å². The van der Waals surface area contributed by atoms with Gasteiger partial charge in [0.1, 0.15) is 12.1 Å². The van der Waals surface area contributed by atoms with Crippen LogP contribution in [0.15, 0.2) is 41.4 Å². The first-order valence-electron chi connectivity index (χ1n) is 7.77. The number of rotatable bonds is 5. The van der Waals surface area contributed by atoms with Gasteiger partial charge < -0.3 is 15.4 Å². The van der Waals surface area contributed by atoms with E-state index in [4.69, 9.17) is 16.3 Å². The molecule has 140 valence electrons. The number of ether oxygens (including phenoxy) is 1. The van der Waals surface area contributed by atoms with Gasteiger partial charge in [-0.15, -0.1) is 0 Å². The van der Waals surface area contributed by atoms with Gasteiger partial charge in [0.25, 0.3) is 5.95 Å². The van der Waals surface area contributed by atoms with Crippen LogP contribution in [0.3, 0.4) is 0 Å². The number of carbonyl (C=O) groups excluding carboxylic acids is 1. The molecule has 0 spiro atoms. The van der Waals surface area contributed by atoms with Gasteiger partial charge in [-0.2, -0.15) is 9.78 Å². The lowest BCUT2D eigenvalue weighted by Gasteiger charge is -2.16. The maximum absolute atomic E-state index is 12.4. The first kappa shape index (κ1) is 19.1. The monoisotopic (exact) mass is 451 g/mol. The topological polar surface area (TPSA) is 107 Å². The van der Waals surface area contributed by atoms with Crippen LogP contribution in [0.1, 0.15) is 18.8 Å². The first-order chi connectivity index (χ1) is 13.0. The van der Waals surface area contributed by atoms with Crippen LogP contribution >= 0.6 is 27.5 Å². The van der Waals surface area contributed by atoms with Gasteiger partial charge in [0.05, 0.1) is 28.3 Å². The SMILES string of the molecule is COc1cc(NC(=O)N[C@@H](C)c2ncnn2-c2ncccn2)c(Cl)cc1Br. The Morgan fingerprint density at radius 1 is 1.30 bits per heavy atom. The standard InChI is InChI=1S/C16H15BrClN7O2/c1-9(14-21-8-22-25(14)15-19-4-3-5-20-15)23-16(26)24-12-7-13(27-2)10(17)6-11(12)18/h3-9H,1-2H3,(H2,23,24,26)/t9-/m0/s1. The highest BCUT2D eigenvalue weighted by atomic mass is 79.9. The zero-order valence-corrected chi connectivity index (χ0v) is 16.7. The largest absolute Gasteiger partial charge is 0.495 e. The highest BCUT2D eigenvalue weighted by Gasteiger charge is 2.19. The summed E-state index contributed by atoms with van der Waals surface area (Å²) in [6.45, 7) is 1.77. The van der Waals surface area contributed by atoms with Crippen molar-refractivity contribution in [2.75, 3.05) is 12.4 Å². The number of benzene rings is 1. The van der Waals surface area contributed by atoms with Crippen molar-refractivity contribution in [2.24, 2.45) is 0 Å². The summed E-state index contributed by atoms with van der Waals surface area (Å²) >= 11 is 9.51. The van der Waals surface area contributed by atoms with Crippen molar-refractivity contribution in [1.82, 2.24) is 30.0 Å². The Morgan fingerprint density at radius 3 is 2.74 bits per heavy atom. The van der Waals surface area contributed by atoms with Gasteiger partial charge in [-0.1, -0.05) is 11.6 Å². The van der Waals surface area contributed by atoms with Gasteiger partial charge in [-0.05, 0) is 35.0 Å². The average Bonchev–Trinajstić information content (AvgIpc) is 3.14. The van der Waals surface area contributed by atoms with Crippen molar-refractivity contribution < 1.29 is 9.53 Å². The van der Waals surface area contributed by atoms with E-state index in [-0.39, 0.29) is 0 Å². The number of anilines is 1. The molecule has 1 aromatic carbocycles. The number of urea groups is 1. The van der Waals surface area contributed by atoms with Crippen molar-refractivity contribution in [3.63, 3.8) is 0 Å². The first-order valence-corrected chi connectivity index (χ1v) is 8.94. The summed E-state index contributed by atoms with van der Waals surface area (Å²) < 4.78 is 7.36. The summed E-state index contributed by atoms with van der Waals surface area (Å²) in [6, 6.07) is 4.04. The second-order valence-electron chi connectivity index (χ2n) is 5.37. The fourth-order valence-electron chi connectivity index (χ4n) is 2.30. The van der Waals surface area contributed by atoms with E-state index in [0.717, 1.165) is 0 Å². The summed E-state index contributed by atoms with van der Waals surface area (Å²) in [4.78, 5) is 24.8. The number of halogens is 2. The third-order valence-corrected chi connectivity index (χ3v) is 4.47. The molecule has 0 saturated heterocycles. The minimum absolute atomic E-state index is 0.361. The molecule has 27 heavy (non-hydrogen) atoms. The molecule has 0 aliphatic rings. The summed E-state index contributed by atoms with van der Waals surface area (Å²) in [7, 11) is 1.53. The van der Waals surface area contributed by atoms with Gasteiger partial charge in [-0.25, -0.2) is 19.7 Å². The molecule has 0 bridgehead atoms. The van der Waals surface area contributed by atoms with E-state index in [0.29, 0.717) is 32.7 Å². The lowest BCUT2D eigenvalue weighted by Crippen LogP contribution is -2.32. The molecule has 0 fully saturated rings. The lowest BCUT2D eigenvalue weighted by molar-refractivity contribution is 0.248. The predicted octanol–water partition coefficient (Wildman–Crippen LogP) is 3.36.